The fourth-order valence-corrected chi connectivity index (χ4v) is 8.14. The predicted octanol–water partition coefficient (Wildman–Crippen LogP) is 11.5. The Morgan fingerprint density at radius 3 is 1.69 bits per heavy atom. The first kappa shape index (κ1) is 29.8. The standard InChI is InChI=1S/C48H29N3O/c49-30-31-22-24-32(25-23-31)36-16-11-19-40-46(36)37-27-26-35(28-41(37)48(40)38-17-7-9-20-44(38)52-45-21-10-8-18-39(45)48)43-29-42(33-12-3-1-4-13-33)50-47(51-43)34-14-5-2-6-15-34/h1-29H. The van der Waals surface area contributed by atoms with E-state index in [1.165, 1.54) is 16.7 Å². The maximum absolute atomic E-state index is 9.55. The van der Waals surface area contributed by atoms with Crippen molar-refractivity contribution in [3.63, 3.8) is 0 Å². The molecule has 1 spiro atoms. The lowest BCUT2D eigenvalue weighted by Gasteiger charge is -2.39. The zero-order valence-corrected chi connectivity index (χ0v) is 28.0. The van der Waals surface area contributed by atoms with Gasteiger partial charge >= 0.3 is 0 Å². The second-order valence-corrected chi connectivity index (χ2v) is 13.2. The maximum Gasteiger partial charge on any atom is 0.160 e. The molecule has 2 heterocycles. The van der Waals surface area contributed by atoms with Crippen LogP contribution in [0.3, 0.4) is 0 Å². The minimum atomic E-state index is -0.660. The quantitative estimate of drug-likeness (QED) is 0.188. The number of hydrogen-bond acceptors (Lipinski definition) is 4. The van der Waals surface area contributed by atoms with E-state index in [0.717, 1.165) is 67.4 Å². The van der Waals surface area contributed by atoms with Crippen molar-refractivity contribution >= 4 is 0 Å². The number of hydrogen-bond donors (Lipinski definition) is 0. The van der Waals surface area contributed by atoms with Crippen molar-refractivity contribution in [2.75, 3.05) is 0 Å². The van der Waals surface area contributed by atoms with Crippen LogP contribution in [0, 0.1) is 11.3 Å². The molecule has 1 aromatic heterocycles. The van der Waals surface area contributed by atoms with E-state index in [2.05, 4.69) is 121 Å². The smallest absolute Gasteiger partial charge is 0.160 e. The van der Waals surface area contributed by atoms with Crippen LogP contribution in [-0.4, -0.2) is 9.97 Å². The van der Waals surface area contributed by atoms with Gasteiger partial charge in [0.1, 0.15) is 11.5 Å². The summed E-state index contributed by atoms with van der Waals surface area (Å²) in [5.41, 5.74) is 13.8. The van der Waals surface area contributed by atoms with Gasteiger partial charge in [-0.05, 0) is 69.8 Å². The van der Waals surface area contributed by atoms with Crippen LogP contribution in [0.4, 0.5) is 0 Å². The Bertz CT molecular complexity index is 2610. The highest BCUT2D eigenvalue weighted by Crippen LogP contribution is 2.63. The van der Waals surface area contributed by atoms with Crippen molar-refractivity contribution < 1.29 is 4.74 Å². The molecule has 10 rings (SSSR count). The SMILES string of the molecule is N#Cc1ccc(-c2cccc3c2-c2ccc(-c4cc(-c5ccccc5)nc(-c5ccccc5)n4)cc2C32c3ccccc3Oc3ccccc32)cc1. The van der Waals surface area contributed by atoms with E-state index in [9.17, 15) is 5.26 Å². The first-order valence-corrected chi connectivity index (χ1v) is 17.4. The molecule has 0 saturated carbocycles. The Balaban J connectivity index is 1.28. The van der Waals surface area contributed by atoms with E-state index in [4.69, 9.17) is 14.7 Å². The molecule has 4 nitrogen and oxygen atoms in total. The summed E-state index contributed by atoms with van der Waals surface area (Å²) in [6.07, 6.45) is 0. The molecule has 0 N–H and O–H groups in total. The van der Waals surface area contributed by atoms with Crippen molar-refractivity contribution in [1.82, 2.24) is 9.97 Å². The van der Waals surface area contributed by atoms with Crippen LogP contribution in [0.5, 0.6) is 11.5 Å². The molecule has 0 unspecified atom stereocenters. The van der Waals surface area contributed by atoms with Crippen LogP contribution in [-0.2, 0) is 5.41 Å². The second kappa shape index (κ2) is 11.8. The Labute approximate surface area is 301 Å². The lowest BCUT2D eigenvalue weighted by molar-refractivity contribution is 0.436. The van der Waals surface area contributed by atoms with Crippen molar-refractivity contribution in [3.8, 4) is 73.7 Å². The van der Waals surface area contributed by atoms with Crippen LogP contribution in [0.25, 0.3) is 56.2 Å². The molecule has 1 aliphatic heterocycles. The largest absolute Gasteiger partial charge is 0.457 e. The highest BCUT2D eigenvalue weighted by atomic mass is 16.5. The molecule has 0 fully saturated rings. The monoisotopic (exact) mass is 663 g/mol. The van der Waals surface area contributed by atoms with E-state index in [1.54, 1.807) is 0 Å². The average Bonchev–Trinajstić information content (AvgIpc) is 3.51. The van der Waals surface area contributed by atoms with Gasteiger partial charge in [-0.3, -0.25) is 0 Å². The number of para-hydroxylation sites is 2. The highest BCUT2D eigenvalue weighted by molar-refractivity contribution is 5.97. The normalized spacial score (nSPS) is 12.9. The number of benzene rings is 7. The topological polar surface area (TPSA) is 58.8 Å². The molecule has 0 saturated heterocycles. The molecular formula is C48H29N3O. The van der Waals surface area contributed by atoms with Crippen LogP contribution >= 0.6 is 0 Å². The minimum absolute atomic E-state index is 0.639. The number of fused-ring (bicyclic) bond motifs is 9. The third kappa shape index (κ3) is 4.47. The first-order chi connectivity index (χ1) is 25.7. The van der Waals surface area contributed by atoms with E-state index < -0.39 is 5.41 Å². The summed E-state index contributed by atoms with van der Waals surface area (Å²) in [6.45, 7) is 0. The molecule has 8 aromatic rings. The van der Waals surface area contributed by atoms with Crippen LogP contribution < -0.4 is 4.74 Å². The number of nitriles is 1. The van der Waals surface area contributed by atoms with Gasteiger partial charge in [0, 0.05) is 27.8 Å². The van der Waals surface area contributed by atoms with Crippen LogP contribution in [0.15, 0.2) is 176 Å². The fraction of sp³-hybridized carbons (Fsp3) is 0.0208. The van der Waals surface area contributed by atoms with Crippen molar-refractivity contribution in [2.24, 2.45) is 0 Å². The Morgan fingerprint density at radius 2 is 1.02 bits per heavy atom. The van der Waals surface area contributed by atoms with Crippen LogP contribution in [0.2, 0.25) is 0 Å². The molecule has 0 bridgehead atoms. The highest BCUT2D eigenvalue weighted by Gasteiger charge is 2.51. The number of aromatic nitrogens is 2. The molecule has 52 heavy (non-hydrogen) atoms. The summed E-state index contributed by atoms with van der Waals surface area (Å²) < 4.78 is 6.63. The average molecular weight is 664 g/mol. The van der Waals surface area contributed by atoms with Crippen molar-refractivity contribution in [3.05, 3.63) is 204 Å². The second-order valence-electron chi connectivity index (χ2n) is 13.2. The molecule has 4 heteroatoms. The predicted molar refractivity (Wildman–Crippen MR) is 206 cm³/mol. The summed E-state index contributed by atoms with van der Waals surface area (Å²) in [5.74, 6) is 2.36. The number of nitrogens with zero attached hydrogens (tertiary/aromatic N) is 3. The van der Waals surface area contributed by atoms with Gasteiger partial charge in [0.05, 0.1) is 28.4 Å². The van der Waals surface area contributed by atoms with Gasteiger partial charge in [-0.15, -0.1) is 0 Å². The van der Waals surface area contributed by atoms with E-state index in [-0.39, 0.29) is 0 Å². The molecule has 2 aliphatic rings. The van der Waals surface area contributed by atoms with Gasteiger partial charge in [-0.2, -0.15) is 5.26 Å². The fourth-order valence-electron chi connectivity index (χ4n) is 8.14. The van der Waals surface area contributed by atoms with E-state index in [0.29, 0.717) is 11.4 Å². The van der Waals surface area contributed by atoms with Crippen molar-refractivity contribution in [1.29, 1.82) is 5.26 Å². The molecule has 0 radical (unpaired) electrons. The van der Waals surface area contributed by atoms with Gasteiger partial charge < -0.3 is 4.74 Å². The summed E-state index contributed by atoms with van der Waals surface area (Å²) in [7, 11) is 0. The Kier molecular flexibility index (Phi) is 6.74. The molecule has 1 aliphatic carbocycles. The molecule has 0 atom stereocenters. The number of ether oxygens (including phenoxy) is 1. The van der Waals surface area contributed by atoms with Gasteiger partial charge in [-0.1, -0.05) is 140 Å². The zero-order chi connectivity index (χ0) is 34.6. The maximum atomic E-state index is 9.55. The summed E-state index contributed by atoms with van der Waals surface area (Å²) in [4.78, 5) is 10.3. The molecule has 242 valence electrons. The minimum Gasteiger partial charge on any atom is -0.457 e. The van der Waals surface area contributed by atoms with E-state index in [1.807, 2.05) is 60.7 Å². The molecule has 7 aromatic carbocycles. The lowest BCUT2D eigenvalue weighted by Crippen LogP contribution is -2.32. The summed E-state index contributed by atoms with van der Waals surface area (Å²) in [5, 5.41) is 9.55. The first-order valence-electron chi connectivity index (χ1n) is 17.4. The molecule has 0 amide bonds. The Morgan fingerprint density at radius 1 is 0.442 bits per heavy atom. The molecular weight excluding hydrogens is 635 g/mol. The zero-order valence-electron chi connectivity index (χ0n) is 28.0. The summed E-state index contributed by atoms with van der Waals surface area (Å²) in [6, 6.07) is 63.0. The van der Waals surface area contributed by atoms with Gasteiger partial charge in [0.15, 0.2) is 5.82 Å². The van der Waals surface area contributed by atoms with Gasteiger partial charge in [-0.25, -0.2) is 9.97 Å². The van der Waals surface area contributed by atoms with Gasteiger partial charge in [0.25, 0.3) is 0 Å². The van der Waals surface area contributed by atoms with E-state index >= 15 is 0 Å². The number of rotatable bonds is 4. The van der Waals surface area contributed by atoms with Gasteiger partial charge in [0.2, 0.25) is 0 Å². The van der Waals surface area contributed by atoms with Crippen LogP contribution in [0.1, 0.15) is 27.8 Å². The third-order valence-corrected chi connectivity index (χ3v) is 10.4. The van der Waals surface area contributed by atoms with Crippen molar-refractivity contribution in [2.45, 2.75) is 5.41 Å². The summed E-state index contributed by atoms with van der Waals surface area (Å²) >= 11 is 0. The Hall–Kier alpha value is -7.09. The lowest BCUT2D eigenvalue weighted by atomic mass is 9.66. The third-order valence-electron chi connectivity index (χ3n) is 10.4.